The Hall–Kier alpha value is -1.68. The zero-order valence-corrected chi connectivity index (χ0v) is 21.3. The van der Waals surface area contributed by atoms with Gasteiger partial charge in [0.15, 0.2) is 0 Å². The molecule has 0 spiro atoms. The second kappa shape index (κ2) is 11.6. The first-order valence-corrected chi connectivity index (χ1v) is 13.4. The number of likely N-dealkylation sites (tertiary alicyclic amines) is 2. The Kier molecular flexibility index (Phi) is 9.15. The summed E-state index contributed by atoms with van der Waals surface area (Å²) in [6.07, 6.45) is 4.71. The quantitative estimate of drug-likeness (QED) is 0.477. The van der Waals surface area contributed by atoms with Crippen LogP contribution >= 0.6 is 0 Å². The number of ether oxygens (including phenoxy) is 2. The summed E-state index contributed by atoms with van der Waals surface area (Å²) in [5.74, 6) is 1.30. The van der Waals surface area contributed by atoms with Crippen LogP contribution in [0, 0.1) is 19.8 Å². The third kappa shape index (κ3) is 6.68. The Bertz CT molecular complexity index is 884. The molecule has 186 valence electrons. The molecule has 2 aliphatic heterocycles. The third-order valence-corrected chi connectivity index (χ3v) is 8.96. The number of benzene rings is 1. The number of rotatable bonds is 10. The first-order valence-electron chi connectivity index (χ1n) is 11.9. The van der Waals surface area contributed by atoms with Gasteiger partial charge in [0.05, 0.1) is 18.6 Å². The van der Waals surface area contributed by atoms with E-state index in [-0.39, 0.29) is 25.7 Å². The van der Waals surface area contributed by atoms with E-state index in [1.807, 2.05) is 4.90 Å². The highest BCUT2D eigenvalue weighted by Crippen LogP contribution is 2.27. The Morgan fingerprint density at radius 3 is 2.27 bits per heavy atom. The van der Waals surface area contributed by atoms with Crippen LogP contribution < -0.4 is 4.74 Å². The Morgan fingerprint density at radius 1 is 1.09 bits per heavy atom. The number of piperidine rings is 1. The van der Waals surface area contributed by atoms with E-state index in [1.165, 1.54) is 37.3 Å². The average molecular weight is 482 g/mol. The highest BCUT2D eigenvalue weighted by molar-refractivity contribution is 7.89. The molecule has 8 nitrogen and oxygen atoms in total. The smallest absolute Gasteiger partial charge is 0.248 e. The molecule has 2 heterocycles. The van der Waals surface area contributed by atoms with Crippen LogP contribution in [0.25, 0.3) is 0 Å². The first kappa shape index (κ1) is 25.9. The van der Waals surface area contributed by atoms with Crippen LogP contribution in [0.5, 0.6) is 5.75 Å². The van der Waals surface area contributed by atoms with Crippen LogP contribution in [0.4, 0.5) is 0 Å². The molecule has 0 N–H and O–H groups in total. The fraction of sp³-hybridized carbons (Fsp3) is 0.708. The van der Waals surface area contributed by atoms with E-state index in [2.05, 4.69) is 4.90 Å². The second-order valence-corrected chi connectivity index (χ2v) is 11.3. The highest BCUT2D eigenvalue weighted by atomic mass is 32.2. The van der Waals surface area contributed by atoms with E-state index >= 15 is 0 Å². The summed E-state index contributed by atoms with van der Waals surface area (Å²) in [5.41, 5.74) is 1.28. The zero-order valence-electron chi connectivity index (χ0n) is 20.5. The predicted molar refractivity (Wildman–Crippen MR) is 128 cm³/mol. The van der Waals surface area contributed by atoms with Gasteiger partial charge in [-0.3, -0.25) is 4.79 Å². The van der Waals surface area contributed by atoms with Crippen LogP contribution in [0.15, 0.2) is 17.0 Å². The van der Waals surface area contributed by atoms with Crippen molar-refractivity contribution in [2.24, 2.45) is 5.92 Å². The van der Waals surface area contributed by atoms with Gasteiger partial charge in [0.25, 0.3) is 0 Å². The molecule has 0 bridgehead atoms. The SMILES string of the molecule is COc1cc(C)c(S(=O)(=O)N(C)CCOCC(=O)N2CCC(CN3CCCC3)CC2)c(C)c1. The fourth-order valence-corrected chi connectivity index (χ4v) is 6.41. The average Bonchev–Trinajstić information content (AvgIpc) is 3.29. The van der Waals surface area contributed by atoms with Crippen molar-refractivity contribution in [3.8, 4) is 5.75 Å². The van der Waals surface area contributed by atoms with E-state index in [0.29, 0.717) is 27.7 Å². The number of hydrogen-bond acceptors (Lipinski definition) is 6. The summed E-state index contributed by atoms with van der Waals surface area (Å²) in [6, 6.07) is 3.44. The molecular formula is C24H39N3O5S. The van der Waals surface area contributed by atoms with Gasteiger partial charge in [-0.05, 0) is 81.8 Å². The van der Waals surface area contributed by atoms with Crippen molar-refractivity contribution in [2.45, 2.75) is 44.4 Å². The van der Waals surface area contributed by atoms with Crippen molar-refractivity contribution in [2.75, 3.05) is 66.6 Å². The lowest BCUT2D eigenvalue weighted by atomic mass is 9.96. The maximum atomic E-state index is 13.1. The predicted octanol–water partition coefficient (Wildman–Crippen LogP) is 2.28. The molecule has 0 radical (unpaired) electrons. The van der Waals surface area contributed by atoms with E-state index in [9.17, 15) is 13.2 Å². The summed E-state index contributed by atoms with van der Waals surface area (Å²) in [5, 5.41) is 0. The Balaban J connectivity index is 1.41. The molecule has 2 fully saturated rings. The van der Waals surface area contributed by atoms with E-state index in [4.69, 9.17) is 9.47 Å². The number of amides is 1. The largest absolute Gasteiger partial charge is 0.497 e. The van der Waals surface area contributed by atoms with E-state index in [0.717, 1.165) is 32.5 Å². The molecule has 0 unspecified atom stereocenters. The lowest BCUT2D eigenvalue weighted by Gasteiger charge is -2.33. The Labute approximate surface area is 198 Å². The van der Waals surface area contributed by atoms with Crippen LogP contribution in [0.3, 0.4) is 0 Å². The highest BCUT2D eigenvalue weighted by Gasteiger charge is 2.27. The van der Waals surface area contributed by atoms with Crippen molar-refractivity contribution >= 4 is 15.9 Å². The number of methoxy groups -OCH3 is 1. The van der Waals surface area contributed by atoms with E-state index < -0.39 is 10.0 Å². The lowest BCUT2D eigenvalue weighted by Crippen LogP contribution is -2.43. The van der Waals surface area contributed by atoms with Gasteiger partial charge in [-0.25, -0.2) is 8.42 Å². The van der Waals surface area contributed by atoms with Gasteiger partial charge < -0.3 is 19.3 Å². The third-order valence-electron chi connectivity index (χ3n) is 6.80. The molecule has 1 aromatic carbocycles. The number of hydrogen-bond donors (Lipinski definition) is 0. The fourth-order valence-electron chi connectivity index (χ4n) is 4.85. The number of carbonyl (C=O) groups excluding carboxylic acids is 1. The topological polar surface area (TPSA) is 79.4 Å². The van der Waals surface area contributed by atoms with Gasteiger partial charge in [-0.1, -0.05) is 0 Å². The van der Waals surface area contributed by atoms with Gasteiger partial charge in [0.2, 0.25) is 15.9 Å². The monoisotopic (exact) mass is 481 g/mol. The minimum absolute atomic E-state index is 0.00866. The van der Waals surface area contributed by atoms with Gasteiger partial charge in [0.1, 0.15) is 12.4 Å². The summed E-state index contributed by atoms with van der Waals surface area (Å²) in [6.45, 7) is 9.02. The minimum Gasteiger partial charge on any atom is -0.497 e. The van der Waals surface area contributed by atoms with Gasteiger partial charge >= 0.3 is 0 Å². The van der Waals surface area contributed by atoms with Crippen molar-refractivity contribution in [3.05, 3.63) is 23.3 Å². The molecule has 0 aliphatic carbocycles. The van der Waals surface area contributed by atoms with Crippen LogP contribution in [-0.4, -0.2) is 95.1 Å². The minimum atomic E-state index is -3.66. The molecule has 0 atom stereocenters. The summed E-state index contributed by atoms with van der Waals surface area (Å²) in [4.78, 5) is 17.2. The normalized spacial score (nSPS) is 18.3. The first-order chi connectivity index (χ1) is 15.7. The van der Waals surface area contributed by atoms with Crippen molar-refractivity contribution in [1.82, 2.24) is 14.1 Å². The molecule has 33 heavy (non-hydrogen) atoms. The van der Waals surface area contributed by atoms with Crippen molar-refractivity contribution in [3.63, 3.8) is 0 Å². The number of aryl methyl sites for hydroxylation is 2. The molecule has 0 saturated carbocycles. The molecule has 9 heteroatoms. The molecule has 2 aliphatic rings. The maximum absolute atomic E-state index is 13.1. The number of carbonyl (C=O) groups is 1. The second-order valence-electron chi connectivity index (χ2n) is 9.30. The summed E-state index contributed by atoms with van der Waals surface area (Å²) >= 11 is 0. The van der Waals surface area contributed by atoms with E-state index in [1.54, 1.807) is 33.1 Å². The number of nitrogens with zero attached hydrogens (tertiary/aromatic N) is 3. The van der Waals surface area contributed by atoms with Gasteiger partial charge in [0, 0.05) is 33.2 Å². The molecule has 1 amide bonds. The van der Waals surface area contributed by atoms with Gasteiger partial charge in [-0.2, -0.15) is 4.31 Å². The molecule has 1 aromatic rings. The number of sulfonamides is 1. The molecular weight excluding hydrogens is 442 g/mol. The van der Waals surface area contributed by atoms with Crippen LogP contribution in [0.1, 0.15) is 36.8 Å². The zero-order chi connectivity index (χ0) is 24.0. The summed E-state index contributed by atoms with van der Waals surface area (Å²) < 4.78 is 38.2. The number of likely N-dealkylation sites (N-methyl/N-ethyl adjacent to an activating group) is 1. The van der Waals surface area contributed by atoms with Crippen molar-refractivity contribution in [1.29, 1.82) is 0 Å². The van der Waals surface area contributed by atoms with Crippen molar-refractivity contribution < 1.29 is 22.7 Å². The molecule has 3 rings (SSSR count). The maximum Gasteiger partial charge on any atom is 0.248 e. The molecule has 2 saturated heterocycles. The lowest BCUT2D eigenvalue weighted by molar-refractivity contribution is -0.137. The Morgan fingerprint density at radius 2 is 1.70 bits per heavy atom. The summed E-state index contributed by atoms with van der Waals surface area (Å²) in [7, 11) is -0.568. The van der Waals surface area contributed by atoms with Gasteiger partial charge in [-0.15, -0.1) is 0 Å². The van der Waals surface area contributed by atoms with Crippen LogP contribution in [0.2, 0.25) is 0 Å². The van der Waals surface area contributed by atoms with Crippen LogP contribution in [-0.2, 0) is 19.6 Å². The molecule has 0 aromatic heterocycles. The standard InChI is InChI=1S/C24H39N3O5S/c1-19-15-22(31-4)16-20(2)24(19)33(29,30)25(3)13-14-32-18-23(28)27-11-7-21(8-12-27)17-26-9-5-6-10-26/h15-16,21H,5-14,17-18H2,1-4H3.